The highest BCUT2D eigenvalue weighted by molar-refractivity contribution is 5.96. The molecule has 1 aromatic carbocycles. The molecule has 0 bridgehead atoms. The van der Waals surface area contributed by atoms with Crippen LogP contribution in [-0.2, 0) is 19.1 Å². The molecule has 0 saturated heterocycles. The first kappa shape index (κ1) is 15.1. The molecule has 19 heavy (non-hydrogen) atoms. The summed E-state index contributed by atoms with van der Waals surface area (Å²) in [6, 6.07) is 9.79. The van der Waals surface area contributed by atoms with Crippen LogP contribution in [0.15, 0.2) is 36.4 Å². The number of carbonyl (C=O) groups is 2. The van der Waals surface area contributed by atoms with Crippen LogP contribution in [0.25, 0.3) is 6.08 Å². The number of benzene rings is 1. The van der Waals surface area contributed by atoms with Gasteiger partial charge in [0, 0.05) is 0 Å². The Morgan fingerprint density at radius 2 is 1.95 bits per heavy atom. The maximum absolute atomic E-state index is 11.3. The molecule has 0 aliphatic rings. The summed E-state index contributed by atoms with van der Waals surface area (Å²) in [6.07, 6.45) is 3.51. The third kappa shape index (κ3) is 7.16. The van der Waals surface area contributed by atoms with Crippen molar-refractivity contribution in [3.8, 4) is 0 Å². The summed E-state index contributed by atoms with van der Waals surface area (Å²) in [5, 5.41) is 0. The maximum atomic E-state index is 11.3. The lowest BCUT2D eigenvalue weighted by atomic mass is 10.2. The van der Waals surface area contributed by atoms with Crippen LogP contribution in [0.2, 0.25) is 0 Å². The van der Waals surface area contributed by atoms with E-state index >= 15 is 0 Å². The van der Waals surface area contributed by atoms with Crippen LogP contribution in [0.4, 0.5) is 0 Å². The maximum Gasteiger partial charge on any atom is 0.313 e. The molecule has 0 saturated carbocycles. The molecule has 0 aromatic heterocycles. The lowest BCUT2D eigenvalue weighted by molar-refractivity contribution is -0.146. The summed E-state index contributed by atoms with van der Waals surface area (Å²) in [6.45, 7) is 2.25. The van der Waals surface area contributed by atoms with Crippen LogP contribution in [0, 0.1) is 0 Å². The van der Waals surface area contributed by atoms with Crippen molar-refractivity contribution in [2.45, 2.75) is 13.3 Å². The lowest BCUT2D eigenvalue weighted by Gasteiger charge is -2.01. The summed E-state index contributed by atoms with van der Waals surface area (Å²) >= 11 is 0. The van der Waals surface area contributed by atoms with E-state index in [0.717, 1.165) is 5.56 Å². The Hall–Kier alpha value is -1.94. The zero-order valence-electron chi connectivity index (χ0n) is 11.0. The summed E-state index contributed by atoms with van der Waals surface area (Å²) in [5.74, 6) is -0.775. The first-order valence-electron chi connectivity index (χ1n) is 6.19. The van der Waals surface area contributed by atoms with E-state index in [0.29, 0.717) is 6.61 Å². The molecule has 0 atom stereocenters. The second-order valence-electron chi connectivity index (χ2n) is 3.85. The first-order chi connectivity index (χ1) is 9.22. The molecule has 0 N–H and O–H groups in total. The van der Waals surface area contributed by atoms with Gasteiger partial charge >= 0.3 is 5.97 Å². The van der Waals surface area contributed by atoms with Gasteiger partial charge in [0.2, 0.25) is 0 Å². The van der Waals surface area contributed by atoms with Crippen LogP contribution in [0.1, 0.15) is 18.9 Å². The molecular weight excluding hydrogens is 244 g/mol. The average molecular weight is 262 g/mol. The minimum atomic E-state index is -0.504. The van der Waals surface area contributed by atoms with E-state index in [1.165, 1.54) is 0 Å². The number of hydrogen-bond donors (Lipinski definition) is 0. The largest absolute Gasteiger partial charge is 0.466 e. The topological polar surface area (TPSA) is 52.6 Å². The monoisotopic (exact) mass is 262 g/mol. The fourth-order valence-corrected chi connectivity index (χ4v) is 1.41. The molecule has 0 spiro atoms. The van der Waals surface area contributed by atoms with Crippen molar-refractivity contribution in [3.63, 3.8) is 0 Å². The highest BCUT2D eigenvalue weighted by atomic mass is 16.5. The van der Waals surface area contributed by atoms with E-state index in [9.17, 15) is 9.59 Å². The lowest BCUT2D eigenvalue weighted by Crippen LogP contribution is -2.15. The molecule has 0 radical (unpaired) electrons. The zero-order chi connectivity index (χ0) is 13.9. The van der Waals surface area contributed by atoms with Gasteiger partial charge in [-0.15, -0.1) is 0 Å². The van der Waals surface area contributed by atoms with Crippen LogP contribution in [0.3, 0.4) is 0 Å². The Kier molecular flexibility index (Phi) is 7.20. The van der Waals surface area contributed by atoms with Crippen molar-refractivity contribution in [1.29, 1.82) is 0 Å². The van der Waals surface area contributed by atoms with Crippen LogP contribution in [-0.4, -0.2) is 31.6 Å². The predicted octanol–water partition coefficient (Wildman–Crippen LogP) is 2.24. The van der Waals surface area contributed by atoms with Crippen LogP contribution in [0.5, 0.6) is 0 Å². The summed E-state index contributed by atoms with van der Waals surface area (Å²) in [7, 11) is 0. The number of ketones is 1. The second-order valence-corrected chi connectivity index (χ2v) is 3.85. The highest BCUT2D eigenvalue weighted by Gasteiger charge is 2.09. The summed E-state index contributed by atoms with van der Waals surface area (Å²) in [4.78, 5) is 22.3. The molecule has 0 unspecified atom stereocenters. The van der Waals surface area contributed by atoms with Crippen molar-refractivity contribution >= 4 is 17.8 Å². The van der Waals surface area contributed by atoms with E-state index in [2.05, 4.69) is 4.74 Å². The van der Waals surface area contributed by atoms with Gasteiger partial charge in [-0.25, -0.2) is 0 Å². The number of hydrogen-bond acceptors (Lipinski definition) is 4. The number of Topliss-reactive ketones (excluding diaryl/α,β-unsaturated/α-hetero) is 1. The third-order valence-corrected chi connectivity index (χ3v) is 2.23. The van der Waals surface area contributed by atoms with Crippen molar-refractivity contribution < 1.29 is 19.1 Å². The number of ether oxygens (including phenoxy) is 2. The fourth-order valence-electron chi connectivity index (χ4n) is 1.41. The van der Waals surface area contributed by atoms with Gasteiger partial charge in [0.05, 0.1) is 13.2 Å². The molecule has 0 aliphatic heterocycles. The molecule has 0 amide bonds. The second kappa shape index (κ2) is 9.05. The zero-order valence-corrected chi connectivity index (χ0v) is 11.0. The fraction of sp³-hybridized carbons (Fsp3) is 0.333. The minimum Gasteiger partial charge on any atom is -0.466 e. The van der Waals surface area contributed by atoms with E-state index in [-0.39, 0.29) is 25.4 Å². The standard InChI is InChI=1S/C15H18O4/c1-2-19-15(17)11-14(16)12-18-10-6-9-13-7-4-3-5-8-13/h3-9H,2,10-12H2,1H3/b9-6+. The van der Waals surface area contributed by atoms with Gasteiger partial charge in [-0.2, -0.15) is 0 Å². The molecule has 0 heterocycles. The van der Waals surface area contributed by atoms with Gasteiger partial charge in [-0.3, -0.25) is 9.59 Å². The van der Waals surface area contributed by atoms with Gasteiger partial charge in [-0.1, -0.05) is 42.5 Å². The van der Waals surface area contributed by atoms with E-state index < -0.39 is 5.97 Å². The van der Waals surface area contributed by atoms with Gasteiger partial charge < -0.3 is 9.47 Å². The van der Waals surface area contributed by atoms with Crippen molar-refractivity contribution in [1.82, 2.24) is 0 Å². The SMILES string of the molecule is CCOC(=O)CC(=O)COC/C=C/c1ccccc1. The summed E-state index contributed by atoms with van der Waals surface area (Å²) in [5.41, 5.74) is 1.07. The molecule has 0 fully saturated rings. The van der Waals surface area contributed by atoms with Gasteiger partial charge in [0.1, 0.15) is 13.0 Å². The molecule has 102 valence electrons. The van der Waals surface area contributed by atoms with Gasteiger partial charge in [0.15, 0.2) is 5.78 Å². The third-order valence-electron chi connectivity index (χ3n) is 2.23. The van der Waals surface area contributed by atoms with Crippen molar-refractivity contribution in [2.24, 2.45) is 0 Å². The van der Waals surface area contributed by atoms with Crippen molar-refractivity contribution in [3.05, 3.63) is 42.0 Å². The molecule has 4 heteroatoms. The molecule has 0 aliphatic carbocycles. The number of carbonyl (C=O) groups excluding carboxylic acids is 2. The molecule has 1 aromatic rings. The Morgan fingerprint density at radius 1 is 1.21 bits per heavy atom. The van der Waals surface area contributed by atoms with Crippen LogP contribution >= 0.6 is 0 Å². The Balaban J connectivity index is 2.15. The predicted molar refractivity (Wildman–Crippen MR) is 72.6 cm³/mol. The normalized spacial score (nSPS) is 10.6. The minimum absolute atomic E-state index is 0.0715. The number of rotatable bonds is 8. The molecular formula is C15H18O4. The summed E-state index contributed by atoms with van der Waals surface area (Å²) < 4.78 is 9.82. The molecule has 1 rings (SSSR count). The first-order valence-corrected chi connectivity index (χ1v) is 6.19. The Bertz CT molecular complexity index is 423. The number of esters is 1. The van der Waals surface area contributed by atoms with Crippen LogP contribution < -0.4 is 0 Å². The molecule has 4 nitrogen and oxygen atoms in total. The Labute approximate surface area is 113 Å². The van der Waals surface area contributed by atoms with E-state index in [4.69, 9.17) is 4.74 Å². The Morgan fingerprint density at radius 3 is 2.63 bits per heavy atom. The smallest absolute Gasteiger partial charge is 0.313 e. The highest BCUT2D eigenvalue weighted by Crippen LogP contribution is 2.00. The van der Waals surface area contributed by atoms with Gasteiger partial charge in [-0.05, 0) is 12.5 Å². The van der Waals surface area contributed by atoms with Gasteiger partial charge in [0.25, 0.3) is 0 Å². The average Bonchev–Trinajstić information content (AvgIpc) is 2.39. The quantitative estimate of drug-likeness (QED) is 0.409. The van der Waals surface area contributed by atoms with E-state index in [1.54, 1.807) is 6.92 Å². The van der Waals surface area contributed by atoms with Crippen molar-refractivity contribution in [2.75, 3.05) is 19.8 Å². The van der Waals surface area contributed by atoms with E-state index in [1.807, 2.05) is 42.5 Å².